The first kappa shape index (κ1) is 12.8. The molecule has 0 atom stereocenters. The summed E-state index contributed by atoms with van der Waals surface area (Å²) in [4.78, 5) is 14.6. The highest BCUT2D eigenvalue weighted by atomic mass is 35.5. The maximum atomic E-state index is 12.6. The van der Waals surface area contributed by atoms with Gasteiger partial charge in [0, 0.05) is 18.7 Å². The van der Waals surface area contributed by atoms with Crippen LogP contribution in [0.2, 0.25) is 5.02 Å². The lowest BCUT2D eigenvalue weighted by Crippen LogP contribution is -2.34. The van der Waals surface area contributed by atoms with Crippen molar-refractivity contribution in [3.05, 3.63) is 28.8 Å². The van der Waals surface area contributed by atoms with Gasteiger partial charge < -0.3 is 10.6 Å². The van der Waals surface area contributed by atoms with E-state index in [-0.39, 0.29) is 5.91 Å². The predicted molar refractivity (Wildman–Crippen MR) is 77.2 cm³/mol. The molecule has 4 heteroatoms. The van der Waals surface area contributed by atoms with Crippen molar-refractivity contribution in [2.75, 3.05) is 18.8 Å². The molecule has 0 saturated heterocycles. The Hall–Kier alpha value is -1.22. The van der Waals surface area contributed by atoms with Crippen LogP contribution in [0.1, 0.15) is 36.0 Å². The topological polar surface area (TPSA) is 46.3 Å². The van der Waals surface area contributed by atoms with Crippen molar-refractivity contribution in [3.8, 4) is 0 Å². The second-order valence-electron chi connectivity index (χ2n) is 5.83. The summed E-state index contributed by atoms with van der Waals surface area (Å²) in [6, 6.07) is 5.17. The van der Waals surface area contributed by atoms with Gasteiger partial charge in [0.05, 0.1) is 10.7 Å². The van der Waals surface area contributed by atoms with E-state index in [1.807, 2.05) is 4.90 Å². The number of benzene rings is 1. The first-order chi connectivity index (χ1) is 9.13. The zero-order valence-electron chi connectivity index (χ0n) is 10.9. The molecule has 2 fully saturated rings. The predicted octanol–water partition coefficient (Wildman–Crippen LogP) is 3.18. The number of carbonyl (C=O) groups excluding carboxylic acids is 1. The molecule has 0 spiro atoms. The normalized spacial score (nSPS) is 18.4. The summed E-state index contributed by atoms with van der Waals surface area (Å²) in [6.07, 6.45) is 5.04. The van der Waals surface area contributed by atoms with Gasteiger partial charge in [-0.15, -0.1) is 0 Å². The zero-order valence-corrected chi connectivity index (χ0v) is 11.7. The fraction of sp³-hybridized carbons (Fsp3) is 0.533. The van der Waals surface area contributed by atoms with Gasteiger partial charge in [0.15, 0.2) is 0 Å². The van der Waals surface area contributed by atoms with Crippen molar-refractivity contribution in [1.29, 1.82) is 0 Å². The Morgan fingerprint density at radius 3 is 2.26 bits per heavy atom. The van der Waals surface area contributed by atoms with Crippen molar-refractivity contribution in [2.24, 2.45) is 11.8 Å². The lowest BCUT2D eigenvalue weighted by molar-refractivity contribution is 0.0739. The van der Waals surface area contributed by atoms with E-state index in [1.165, 1.54) is 25.7 Å². The third kappa shape index (κ3) is 3.21. The monoisotopic (exact) mass is 278 g/mol. The molecule has 0 radical (unpaired) electrons. The van der Waals surface area contributed by atoms with Gasteiger partial charge in [-0.3, -0.25) is 4.79 Å². The lowest BCUT2D eigenvalue weighted by atomic mass is 10.1. The second kappa shape index (κ2) is 5.04. The van der Waals surface area contributed by atoms with E-state index < -0.39 is 0 Å². The van der Waals surface area contributed by atoms with Crippen LogP contribution in [-0.2, 0) is 0 Å². The Morgan fingerprint density at radius 1 is 1.21 bits per heavy atom. The number of hydrogen-bond donors (Lipinski definition) is 1. The largest absolute Gasteiger partial charge is 0.398 e. The van der Waals surface area contributed by atoms with Gasteiger partial charge in [-0.25, -0.2) is 0 Å². The maximum absolute atomic E-state index is 12.6. The molecule has 0 unspecified atom stereocenters. The molecule has 1 aromatic rings. The van der Waals surface area contributed by atoms with Gasteiger partial charge in [0.2, 0.25) is 0 Å². The average Bonchev–Trinajstić information content (AvgIpc) is 3.26. The van der Waals surface area contributed by atoms with Gasteiger partial charge in [0.1, 0.15) is 0 Å². The minimum atomic E-state index is 0.0979. The fourth-order valence-corrected chi connectivity index (χ4v) is 2.49. The number of nitrogens with zero attached hydrogens (tertiary/aromatic N) is 1. The number of nitrogen functional groups attached to an aromatic ring is 1. The Morgan fingerprint density at radius 2 is 1.79 bits per heavy atom. The van der Waals surface area contributed by atoms with Crippen molar-refractivity contribution in [1.82, 2.24) is 4.90 Å². The zero-order chi connectivity index (χ0) is 13.4. The highest BCUT2D eigenvalue weighted by Gasteiger charge is 2.31. The molecule has 0 bridgehead atoms. The first-order valence-electron chi connectivity index (χ1n) is 6.98. The minimum Gasteiger partial charge on any atom is -0.398 e. The van der Waals surface area contributed by atoms with Crippen molar-refractivity contribution in [2.45, 2.75) is 25.7 Å². The fourth-order valence-electron chi connectivity index (χ4n) is 2.31. The molecule has 2 N–H and O–H groups in total. The van der Waals surface area contributed by atoms with Crippen molar-refractivity contribution in [3.63, 3.8) is 0 Å². The molecule has 102 valence electrons. The number of anilines is 1. The standard InChI is InChI=1S/C15H19ClN2O/c16-13-7-12(5-6-14(13)17)15(19)18(8-10-1-2-10)9-11-3-4-11/h5-7,10-11H,1-4,8-9,17H2. The Labute approximate surface area is 118 Å². The molecular weight excluding hydrogens is 260 g/mol. The summed E-state index contributed by atoms with van der Waals surface area (Å²) in [7, 11) is 0. The molecule has 3 nitrogen and oxygen atoms in total. The highest BCUT2D eigenvalue weighted by molar-refractivity contribution is 6.33. The quantitative estimate of drug-likeness (QED) is 0.841. The highest BCUT2D eigenvalue weighted by Crippen LogP contribution is 2.34. The van der Waals surface area contributed by atoms with Crippen LogP contribution in [0, 0.1) is 11.8 Å². The van der Waals surface area contributed by atoms with Crippen LogP contribution < -0.4 is 5.73 Å². The van der Waals surface area contributed by atoms with Crippen LogP contribution in [0.3, 0.4) is 0 Å². The Kier molecular flexibility index (Phi) is 3.40. The summed E-state index contributed by atoms with van der Waals surface area (Å²) in [6.45, 7) is 1.80. The van der Waals surface area contributed by atoms with E-state index in [0.29, 0.717) is 28.1 Å². The van der Waals surface area contributed by atoms with Crippen LogP contribution in [0.5, 0.6) is 0 Å². The van der Waals surface area contributed by atoms with Gasteiger partial charge >= 0.3 is 0 Å². The van der Waals surface area contributed by atoms with E-state index in [1.54, 1.807) is 18.2 Å². The number of rotatable bonds is 5. The number of amides is 1. The second-order valence-corrected chi connectivity index (χ2v) is 6.24. The summed E-state index contributed by atoms with van der Waals surface area (Å²) >= 11 is 6.00. The molecular formula is C15H19ClN2O. The minimum absolute atomic E-state index is 0.0979. The van der Waals surface area contributed by atoms with Gasteiger partial charge in [0.25, 0.3) is 5.91 Å². The van der Waals surface area contributed by atoms with E-state index in [9.17, 15) is 4.79 Å². The van der Waals surface area contributed by atoms with Crippen molar-refractivity contribution >= 4 is 23.2 Å². The summed E-state index contributed by atoms with van der Waals surface area (Å²) in [5.74, 6) is 1.53. The van der Waals surface area contributed by atoms with E-state index >= 15 is 0 Å². The third-order valence-corrected chi connectivity index (χ3v) is 4.21. The molecule has 0 heterocycles. The molecule has 1 aromatic carbocycles. The van der Waals surface area contributed by atoms with Gasteiger partial charge in [-0.2, -0.15) is 0 Å². The number of nitrogens with two attached hydrogens (primary N) is 1. The van der Waals surface area contributed by atoms with Crippen LogP contribution >= 0.6 is 11.6 Å². The maximum Gasteiger partial charge on any atom is 0.253 e. The number of halogens is 1. The molecule has 2 saturated carbocycles. The number of hydrogen-bond acceptors (Lipinski definition) is 2. The first-order valence-corrected chi connectivity index (χ1v) is 7.35. The van der Waals surface area contributed by atoms with Crippen LogP contribution in [-0.4, -0.2) is 23.9 Å². The van der Waals surface area contributed by atoms with Crippen LogP contribution in [0.25, 0.3) is 0 Å². The SMILES string of the molecule is Nc1ccc(C(=O)N(CC2CC2)CC2CC2)cc1Cl. The molecule has 1 amide bonds. The lowest BCUT2D eigenvalue weighted by Gasteiger charge is -2.23. The smallest absolute Gasteiger partial charge is 0.253 e. The van der Waals surface area contributed by atoms with Crippen LogP contribution in [0.4, 0.5) is 5.69 Å². The molecule has 0 aromatic heterocycles. The Bertz CT molecular complexity index is 481. The summed E-state index contributed by atoms with van der Waals surface area (Å²) in [5, 5.41) is 0.462. The average molecular weight is 279 g/mol. The summed E-state index contributed by atoms with van der Waals surface area (Å²) < 4.78 is 0. The molecule has 0 aliphatic heterocycles. The van der Waals surface area contributed by atoms with E-state index in [2.05, 4.69) is 0 Å². The number of carbonyl (C=O) groups is 1. The van der Waals surface area contributed by atoms with Crippen LogP contribution in [0.15, 0.2) is 18.2 Å². The van der Waals surface area contributed by atoms with Gasteiger partial charge in [-0.1, -0.05) is 11.6 Å². The molecule has 2 aliphatic rings. The van der Waals surface area contributed by atoms with Crippen molar-refractivity contribution < 1.29 is 4.79 Å². The summed E-state index contributed by atoms with van der Waals surface area (Å²) in [5.41, 5.74) is 6.87. The Balaban J connectivity index is 1.74. The van der Waals surface area contributed by atoms with E-state index in [4.69, 9.17) is 17.3 Å². The van der Waals surface area contributed by atoms with E-state index in [0.717, 1.165) is 13.1 Å². The third-order valence-electron chi connectivity index (χ3n) is 3.89. The van der Waals surface area contributed by atoms with Gasteiger partial charge in [-0.05, 0) is 55.7 Å². The molecule has 3 rings (SSSR count). The molecule has 19 heavy (non-hydrogen) atoms. The molecule has 2 aliphatic carbocycles.